The number of sulfonamides is 1. The molecule has 4 N–H and O–H groups in total. The molecule has 0 atom stereocenters. The summed E-state index contributed by atoms with van der Waals surface area (Å²) < 4.78 is 28.7. The van der Waals surface area contributed by atoms with Gasteiger partial charge < -0.3 is 5.43 Å². The van der Waals surface area contributed by atoms with E-state index in [0.717, 1.165) is 0 Å². The molecule has 0 saturated carbocycles. The quantitative estimate of drug-likeness (QED) is 0.559. The standard InChI is InChI=1S/C11H16N6O2S/c1-8(2)17-11(4-6-14-17)16-20(18,19)9-3-5-13-10(7-9)15-12/h3-8,16H,12H2,1-2H3,(H,13,15). The molecule has 2 aromatic heterocycles. The zero-order valence-electron chi connectivity index (χ0n) is 11.1. The molecule has 0 amide bonds. The second-order valence-electron chi connectivity index (χ2n) is 4.38. The van der Waals surface area contributed by atoms with E-state index in [0.29, 0.717) is 5.82 Å². The van der Waals surface area contributed by atoms with E-state index >= 15 is 0 Å². The van der Waals surface area contributed by atoms with Crippen molar-refractivity contribution >= 4 is 21.7 Å². The average molecular weight is 296 g/mol. The number of nitrogens with zero attached hydrogens (tertiary/aromatic N) is 3. The summed E-state index contributed by atoms with van der Waals surface area (Å²) >= 11 is 0. The fourth-order valence-corrected chi connectivity index (χ4v) is 2.72. The third-order valence-corrected chi connectivity index (χ3v) is 3.94. The van der Waals surface area contributed by atoms with Crippen molar-refractivity contribution in [1.82, 2.24) is 14.8 Å². The lowest BCUT2D eigenvalue weighted by molar-refractivity contribution is 0.539. The van der Waals surface area contributed by atoms with Crippen LogP contribution in [0.2, 0.25) is 0 Å². The molecule has 2 rings (SSSR count). The number of nitrogen functional groups attached to an aromatic ring is 1. The van der Waals surface area contributed by atoms with Crippen LogP contribution in [0.15, 0.2) is 35.5 Å². The van der Waals surface area contributed by atoms with Gasteiger partial charge in [0, 0.05) is 24.4 Å². The summed E-state index contributed by atoms with van der Waals surface area (Å²) in [7, 11) is -3.72. The molecule has 108 valence electrons. The van der Waals surface area contributed by atoms with Crippen molar-refractivity contribution in [2.75, 3.05) is 10.1 Å². The molecule has 2 heterocycles. The molecule has 0 saturated heterocycles. The minimum absolute atomic E-state index is 0.0430. The molecule has 2 aromatic rings. The zero-order valence-corrected chi connectivity index (χ0v) is 11.9. The maximum Gasteiger partial charge on any atom is 0.263 e. The fraction of sp³-hybridized carbons (Fsp3) is 0.273. The van der Waals surface area contributed by atoms with Crippen LogP contribution >= 0.6 is 0 Å². The van der Waals surface area contributed by atoms with E-state index < -0.39 is 10.0 Å². The van der Waals surface area contributed by atoms with Gasteiger partial charge in [0.15, 0.2) is 0 Å². The van der Waals surface area contributed by atoms with Gasteiger partial charge in [-0.05, 0) is 19.9 Å². The van der Waals surface area contributed by atoms with Gasteiger partial charge in [-0.25, -0.2) is 23.9 Å². The van der Waals surface area contributed by atoms with Crippen molar-refractivity contribution in [2.24, 2.45) is 5.84 Å². The van der Waals surface area contributed by atoms with Gasteiger partial charge in [-0.2, -0.15) is 5.10 Å². The van der Waals surface area contributed by atoms with Crippen LogP contribution in [-0.4, -0.2) is 23.2 Å². The second kappa shape index (κ2) is 5.47. The fourth-order valence-electron chi connectivity index (χ4n) is 1.66. The van der Waals surface area contributed by atoms with Crippen LogP contribution in [0.1, 0.15) is 19.9 Å². The molecule has 0 aliphatic carbocycles. The molecule has 0 bridgehead atoms. The zero-order chi connectivity index (χ0) is 14.8. The predicted molar refractivity (Wildman–Crippen MR) is 75.5 cm³/mol. The third-order valence-electron chi connectivity index (χ3n) is 2.59. The first-order valence-electron chi connectivity index (χ1n) is 5.93. The summed E-state index contributed by atoms with van der Waals surface area (Å²) in [5.74, 6) is 5.89. The molecule has 0 unspecified atom stereocenters. The minimum atomic E-state index is -3.72. The highest BCUT2D eigenvalue weighted by Crippen LogP contribution is 2.19. The summed E-state index contributed by atoms with van der Waals surface area (Å²) in [5, 5.41) is 4.07. The Labute approximate surface area is 117 Å². The minimum Gasteiger partial charge on any atom is -0.308 e. The van der Waals surface area contributed by atoms with E-state index in [-0.39, 0.29) is 16.8 Å². The van der Waals surface area contributed by atoms with Gasteiger partial charge in [-0.3, -0.25) is 4.72 Å². The van der Waals surface area contributed by atoms with E-state index in [1.807, 2.05) is 13.8 Å². The number of nitrogens with two attached hydrogens (primary N) is 1. The lowest BCUT2D eigenvalue weighted by Crippen LogP contribution is -2.18. The van der Waals surface area contributed by atoms with Crippen LogP contribution in [0.25, 0.3) is 0 Å². The monoisotopic (exact) mass is 296 g/mol. The van der Waals surface area contributed by atoms with Crippen LogP contribution in [0, 0.1) is 0 Å². The number of rotatable bonds is 5. The Hall–Kier alpha value is -2.13. The second-order valence-corrected chi connectivity index (χ2v) is 6.06. The third kappa shape index (κ3) is 2.89. The van der Waals surface area contributed by atoms with Crippen molar-refractivity contribution < 1.29 is 8.42 Å². The van der Waals surface area contributed by atoms with Crippen LogP contribution in [0.3, 0.4) is 0 Å². The number of anilines is 2. The van der Waals surface area contributed by atoms with Crippen LogP contribution < -0.4 is 16.0 Å². The highest BCUT2D eigenvalue weighted by molar-refractivity contribution is 7.92. The number of hydrazine groups is 1. The van der Waals surface area contributed by atoms with Gasteiger partial charge in [-0.1, -0.05) is 0 Å². The molecular formula is C11H16N6O2S. The molecule has 0 fully saturated rings. The Bertz CT molecular complexity index is 694. The van der Waals surface area contributed by atoms with Crippen molar-refractivity contribution in [2.45, 2.75) is 24.8 Å². The molecule has 8 nitrogen and oxygen atoms in total. The van der Waals surface area contributed by atoms with Gasteiger partial charge in [0.1, 0.15) is 11.6 Å². The van der Waals surface area contributed by atoms with E-state index in [9.17, 15) is 8.42 Å². The Morgan fingerprint density at radius 3 is 2.70 bits per heavy atom. The van der Waals surface area contributed by atoms with E-state index in [4.69, 9.17) is 5.84 Å². The Kier molecular flexibility index (Phi) is 3.91. The van der Waals surface area contributed by atoms with Crippen LogP contribution in [0.5, 0.6) is 0 Å². The molecule has 0 radical (unpaired) electrons. The summed E-state index contributed by atoms with van der Waals surface area (Å²) in [4.78, 5) is 3.93. The van der Waals surface area contributed by atoms with E-state index in [1.165, 1.54) is 24.5 Å². The van der Waals surface area contributed by atoms with Crippen molar-refractivity contribution in [3.63, 3.8) is 0 Å². The summed E-state index contributed by atoms with van der Waals surface area (Å²) in [6, 6.07) is 4.37. The number of nitrogens with one attached hydrogen (secondary N) is 2. The number of hydrogen-bond donors (Lipinski definition) is 3. The van der Waals surface area contributed by atoms with Crippen molar-refractivity contribution in [1.29, 1.82) is 0 Å². The molecule has 0 aromatic carbocycles. The Morgan fingerprint density at radius 1 is 1.30 bits per heavy atom. The number of pyridine rings is 1. The molecule has 20 heavy (non-hydrogen) atoms. The van der Waals surface area contributed by atoms with Gasteiger partial charge in [-0.15, -0.1) is 0 Å². The summed E-state index contributed by atoms with van der Waals surface area (Å²) in [6.45, 7) is 3.82. The average Bonchev–Trinajstić information content (AvgIpc) is 2.86. The van der Waals surface area contributed by atoms with E-state index in [2.05, 4.69) is 20.2 Å². The molecular weight excluding hydrogens is 280 g/mol. The highest BCUT2D eigenvalue weighted by atomic mass is 32.2. The topological polar surface area (TPSA) is 115 Å². The van der Waals surface area contributed by atoms with Gasteiger partial charge in [0.05, 0.1) is 11.1 Å². The smallest absolute Gasteiger partial charge is 0.263 e. The van der Waals surface area contributed by atoms with Crippen molar-refractivity contribution in [3.8, 4) is 0 Å². The molecule has 0 aliphatic rings. The van der Waals surface area contributed by atoms with Crippen LogP contribution in [-0.2, 0) is 10.0 Å². The van der Waals surface area contributed by atoms with Gasteiger partial charge >= 0.3 is 0 Å². The normalized spacial score (nSPS) is 11.6. The number of aromatic nitrogens is 3. The van der Waals surface area contributed by atoms with Gasteiger partial charge in [0.2, 0.25) is 0 Å². The number of hydrogen-bond acceptors (Lipinski definition) is 6. The molecule has 0 spiro atoms. The lowest BCUT2D eigenvalue weighted by Gasteiger charge is -2.13. The Morgan fingerprint density at radius 2 is 2.05 bits per heavy atom. The van der Waals surface area contributed by atoms with Gasteiger partial charge in [0.25, 0.3) is 10.0 Å². The largest absolute Gasteiger partial charge is 0.308 e. The van der Waals surface area contributed by atoms with Crippen molar-refractivity contribution in [3.05, 3.63) is 30.6 Å². The first-order valence-corrected chi connectivity index (χ1v) is 7.41. The highest BCUT2D eigenvalue weighted by Gasteiger charge is 2.18. The maximum atomic E-state index is 12.3. The maximum absolute atomic E-state index is 12.3. The van der Waals surface area contributed by atoms with E-state index in [1.54, 1.807) is 10.7 Å². The summed E-state index contributed by atoms with van der Waals surface area (Å²) in [6.07, 6.45) is 2.90. The molecule has 0 aliphatic heterocycles. The van der Waals surface area contributed by atoms with Crippen LogP contribution in [0.4, 0.5) is 11.6 Å². The molecule has 9 heteroatoms. The first kappa shape index (κ1) is 14.3. The SMILES string of the molecule is CC(C)n1nccc1NS(=O)(=O)c1ccnc(NN)c1. The Balaban J connectivity index is 2.33. The predicted octanol–water partition coefficient (Wildman–Crippen LogP) is 0.945. The summed E-state index contributed by atoms with van der Waals surface area (Å²) in [5.41, 5.74) is 2.31. The lowest BCUT2D eigenvalue weighted by atomic mass is 10.4. The first-order chi connectivity index (χ1) is 9.44.